The lowest BCUT2D eigenvalue weighted by atomic mass is 9.48. The SMILES string of the molecule is C[C@@H](NC(=S)NC(=O)c1ccc(Cl)c(Cl)c1)C12CC3CC(CC(C3)C1)C2. The number of nitrogens with one attached hydrogen (secondary N) is 2. The number of hydrogen-bond donors (Lipinski definition) is 2. The normalized spacial score (nSPS) is 33.0. The molecule has 0 unspecified atom stereocenters. The van der Waals surface area contributed by atoms with Crippen LogP contribution in [-0.4, -0.2) is 17.1 Å². The maximum absolute atomic E-state index is 12.4. The molecular weight excluding hydrogens is 387 g/mol. The number of hydrogen-bond acceptors (Lipinski definition) is 2. The van der Waals surface area contributed by atoms with Crippen molar-refractivity contribution in [2.24, 2.45) is 23.2 Å². The largest absolute Gasteiger partial charge is 0.359 e. The fraction of sp³-hybridized carbons (Fsp3) is 0.600. The Labute approximate surface area is 170 Å². The number of thiocarbonyl (C=S) groups is 1. The first-order valence-corrected chi connectivity index (χ1v) is 10.6. The minimum absolute atomic E-state index is 0.265. The Bertz CT molecular complexity index is 716. The molecule has 0 aromatic heterocycles. The van der Waals surface area contributed by atoms with Crippen molar-refractivity contribution in [3.63, 3.8) is 0 Å². The highest BCUT2D eigenvalue weighted by molar-refractivity contribution is 7.80. The van der Waals surface area contributed by atoms with Gasteiger partial charge in [-0.15, -0.1) is 0 Å². The quantitative estimate of drug-likeness (QED) is 0.672. The van der Waals surface area contributed by atoms with Gasteiger partial charge in [-0.1, -0.05) is 23.2 Å². The van der Waals surface area contributed by atoms with Crippen LogP contribution in [0.5, 0.6) is 0 Å². The second-order valence-corrected chi connectivity index (χ2v) is 9.78. The van der Waals surface area contributed by atoms with E-state index in [9.17, 15) is 4.79 Å². The molecule has 0 heterocycles. The highest BCUT2D eigenvalue weighted by Gasteiger charge is 2.53. The predicted octanol–water partition coefficient (Wildman–Crippen LogP) is 5.20. The summed E-state index contributed by atoms with van der Waals surface area (Å²) in [5, 5.41) is 7.37. The molecule has 4 fully saturated rings. The first-order valence-electron chi connectivity index (χ1n) is 9.41. The van der Waals surface area contributed by atoms with Gasteiger partial charge in [0.2, 0.25) is 0 Å². The van der Waals surface area contributed by atoms with Crippen molar-refractivity contribution in [1.29, 1.82) is 0 Å². The fourth-order valence-corrected chi connectivity index (χ4v) is 6.47. The van der Waals surface area contributed by atoms with Crippen LogP contribution < -0.4 is 10.6 Å². The van der Waals surface area contributed by atoms with Crippen molar-refractivity contribution in [3.05, 3.63) is 33.8 Å². The predicted molar refractivity (Wildman–Crippen MR) is 110 cm³/mol. The Morgan fingerprint density at radius 1 is 1.12 bits per heavy atom. The molecule has 6 heteroatoms. The van der Waals surface area contributed by atoms with Crippen LogP contribution in [0.25, 0.3) is 0 Å². The second kappa shape index (κ2) is 6.96. The van der Waals surface area contributed by atoms with Crippen LogP contribution in [0, 0.1) is 23.2 Å². The van der Waals surface area contributed by atoms with E-state index in [1.54, 1.807) is 18.2 Å². The van der Waals surface area contributed by atoms with Gasteiger partial charge in [0.1, 0.15) is 0 Å². The van der Waals surface area contributed by atoms with Crippen LogP contribution in [0.15, 0.2) is 18.2 Å². The molecule has 4 saturated carbocycles. The third kappa shape index (κ3) is 3.48. The zero-order valence-corrected chi connectivity index (χ0v) is 17.2. The molecular formula is C20H24Cl2N2OS. The molecule has 1 amide bonds. The summed E-state index contributed by atoms with van der Waals surface area (Å²) in [4.78, 5) is 12.4. The van der Waals surface area contributed by atoms with Crippen LogP contribution in [0.4, 0.5) is 0 Å². The summed E-state index contributed by atoms with van der Waals surface area (Å²) in [6.07, 6.45) is 8.17. The lowest BCUT2D eigenvalue weighted by molar-refractivity contribution is -0.0672. The maximum Gasteiger partial charge on any atom is 0.257 e. The van der Waals surface area contributed by atoms with E-state index in [0.717, 1.165) is 17.8 Å². The number of benzene rings is 1. The van der Waals surface area contributed by atoms with Gasteiger partial charge in [-0.2, -0.15) is 0 Å². The van der Waals surface area contributed by atoms with E-state index in [4.69, 9.17) is 35.4 Å². The van der Waals surface area contributed by atoms with E-state index in [1.807, 2.05) is 0 Å². The third-order valence-corrected chi connectivity index (χ3v) is 7.72. The van der Waals surface area contributed by atoms with Crippen LogP contribution in [-0.2, 0) is 0 Å². The van der Waals surface area contributed by atoms with Gasteiger partial charge in [-0.05, 0) is 99.0 Å². The minimum atomic E-state index is -0.265. The van der Waals surface area contributed by atoms with E-state index in [0.29, 0.717) is 26.1 Å². The molecule has 2 N–H and O–H groups in total. The van der Waals surface area contributed by atoms with Crippen LogP contribution in [0.2, 0.25) is 10.0 Å². The fourth-order valence-electron chi connectivity index (χ4n) is 5.91. The molecule has 0 spiro atoms. The first kappa shape index (κ1) is 18.5. The summed E-state index contributed by atoms with van der Waals surface area (Å²) in [5.41, 5.74) is 0.790. The Kier molecular flexibility index (Phi) is 4.96. The van der Waals surface area contributed by atoms with Gasteiger partial charge in [-0.3, -0.25) is 10.1 Å². The molecule has 1 aromatic carbocycles. The number of rotatable bonds is 3. The number of carbonyl (C=O) groups is 1. The summed E-state index contributed by atoms with van der Waals surface area (Å²) in [5.74, 6) is 2.42. The second-order valence-electron chi connectivity index (χ2n) is 8.56. The summed E-state index contributed by atoms with van der Waals surface area (Å²) in [6.45, 7) is 2.23. The van der Waals surface area contributed by atoms with Crippen molar-refractivity contribution in [2.45, 2.75) is 51.5 Å². The van der Waals surface area contributed by atoms with E-state index < -0.39 is 0 Å². The number of halogens is 2. The van der Waals surface area contributed by atoms with Crippen molar-refractivity contribution in [1.82, 2.24) is 10.6 Å². The lowest BCUT2D eigenvalue weighted by Crippen LogP contribution is -2.57. The Morgan fingerprint density at radius 3 is 2.23 bits per heavy atom. The summed E-state index contributed by atoms with van der Waals surface area (Å²) < 4.78 is 0. The minimum Gasteiger partial charge on any atom is -0.359 e. The summed E-state index contributed by atoms with van der Waals surface area (Å²) in [6, 6.07) is 5.10. The first-order chi connectivity index (χ1) is 12.3. The van der Waals surface area contributed by atoms with Crippen LogP contribution >= 0.6 is 35.4 Å². The highest BCUT2D eigenvalue weighted by atomic mass is 35.5. The maximum atomic E-state index is 12.4. The average Bonchev–Trinajstić information content (AvgIpc) is 2.55. The summed E-state index contributed by atoms with van der Waals surface area (Å²) >= 11 is 17.3. The monoisotopic (exact) mass is 410 g/mol. The van der Waals surface area contributed by atoms with Gasteiger partial charge in [0.05, 0.1) is 10.0 Å². The Hall–Kier alpha value is -0.840. The van der Waals surface area contributed by atoms with Gasteiger partial charge in [-0.25, -0.2) is 0 Å². The summed E-state index contributed by atoms with van der Waals surface area (Å²) in [7, 11) is 0. The molecule has 0 aliphatic heterocycles. The lowest BCUT2D eigenvalue weighted by Gasteiger charge is -2.59. The molecule has 4 aliphatic carbocycles. The zero-order valence-electron chi connectivity index (χ0n) is 14.9. The van der Waals surface area contributed by atoms with E-state index in [-0.39, 0.29) is 11.9 Å². The smallest absolute Gasteiger partial charge is 0.257 e. The number of carbonyl (C=O) groups excluding carboxylic acids is 1. The standard InChI is InChI=1S/C20H24Cl2N2OS/c1-11(20-8-12-4-13(9-20)6-14(5-12)10-20)23-19(26)24-18(25)15-2-3-16(21)17(22)7-15/h2-3,7,11-14H,4-6,8-10H2,1H3,(H2,23,24,25,26)/t11-,12?,13?,14?,20?/m1/s1. The van der Waals surface area contributed by atoms with Gasteiger partial charge in [0.25, 0.3) is 5.91 Å². The molecule has 5 rings (SSSR count). The molecule has 3 nitrogen and oxygen atoms in total. The van der Waals surface area contributed by atoms with E-state index in [2.05, 4.69) is 17.6 Å². The molecule has 0 saturated heterocycles. The number of amides is 1. The molecule has 1 atom stereocenters. The van der Waals surface area contributed by atoms with Gasteiger partial charge in [0, 0.05) is 11.6 Å². The molecule has 26 heavy (non-hydrogen) atoms. The van der Waals surface area contributed by atoms with Gasteiger partial charge >= 0.3 is 0 Å². The molecule has 4 aliphatic rings. The average molecular weight is 411 g/mol. The van der Waals surface area contributed by atoms with Crippen LogP contribution in [0.3, 0.4) is 0 Å². The zero-order chi connectivity index (χ0) is 18.5. The topological polar surface area (TPSA) is 41.1 Å². The van der Waals surface area contributed by atoms with E-state index >= 15 is 0 Å². The van der Waals surface area contributed by atoms with Crippen molar-refractivity contribution in [2.75, 3.05) is 0 Å². The van der Waals surface area contributed by atoms with E-state index in [1.165, 1.54) is 38.5 Å². The van der Waals surface area contributed by atoms with Crippen molar-refractivity contribution in [3.8, 4) is 0 Å². The molecule has 4 bridgehead atoms. The highest BCUT2D eigenvalue weighted by Crippen LogP contribution is 2.61. The van der Waals surface area contributed by atoms with Gasteiger partial charge < -0.3 is 5.32 Å². The Balaban J connectivity index is 1.38. The molecule has 0 radical (unpaired) electrons. The van der Waals surface area contributed by atoms with Crippen molar-refractivity contribution < 1.29 is 4.79 Å². The van der Waals surface area contributed by atoms with Crippen LogP contribution in [0.1, 0.15) is 55.8 Å². The van der Waals surface area contributed by atoms with Crippen molar-refractivity contribution >= 4 is 46.4 Å². The molecule has 1 aromatic rings. The molecule has 140 valence electrons. The third-order valence-electron chi connectivity index (χ3n) is 6.76. The Morgan fingerprint density at radius 2 is 1.69 bits per heavy atom. The van der Waals surface area contributed by atoms with Gasteiger partial charge in [0.15, 0.2) is 5.11 Å².